The molecule has 134 valence electrons. The molecule has 0 fully saturated rings. The van der Waals surface area contributed by atoms with E-state index in [1.165, 1.54) is 29.4 Å². The fraction of sp³-hybridized carbons (Fsp3) is 0.222. The molecule has 0 aliphatic carbocycles. The van der Waals surface area contributed by atoms with Crippen molar-refractivity contribution in [3.05, 3.63) is 47.6 Å². The highest BCUT2D eigenvalue weighted by molar-refractivity contribution is 8.00. The smallest absolute Gasteiger partial charge is 0.317 e. The molecule has 6 nitrogen and oxygen atoms in total. The van der Waals surface area contributed by atoms with Gasteiger partial charge in [-0.2, -0.15) is 0 Å². The van der Waals surface area contributed by atoms with Crippen LogP contribution in [-0.2, 0) is 14.3 Å². The van der Waals surface area contributed by atoms with Crippen LogP contribution in [0.1, 0.15) is 12.5 Å². The lowest BCUT2D eigenvalue weighted by Gasteiger charge is -2.13. The van der Waals surface area contributed by atoms with Gasteiger partial charge in [0.2, 0.25) is 0 Å². The predicted molar refractivity (Wildman–Crippen MR) is 104 cm³/mol. The zero-order chi connectivity index (χ0) is 18.5. The van der Waals surface area contributed by atoms with E-state index in [9.17, 15) is 9.59 Å². The molecule has 2 aromatic heterocycles. The third-order valence-electron chi connectivity index (χ3n) is 3.55. The zero-order valence-corrected chi connectivity index (χ0v) is 15.9. The second-order valence-electron chi connectivity index (χ2n) is 5.59. The van der Waals surface area contributed by atoms with Crippen molar-refractivity contribution in [3.63, 3.8) is 0 Å². The second kappa shape index (κ2) is 8.29. The quantitative estimate of drug-likeness (QED) is 0.395. The number of esters is 1. The first-order valence-corrected chi connectivity index (χ1v) is 9.77. The lowest BCUT2D eigenvalue weighted by molar-refractivity contribution is -0.150. The molecule has 1 aromatic carbocycles. The summed E-state index contributed by atoms with van der Waals surface area (Å²) in [6.07, 6.45) is 0.598. The minimum absolute atomic E-state index is 0.0735. The molecule has 0 spiro atoms. The first-order chi connectivity index (χ1) is 12.5. The maximum Gasteiger partial charge on any atom is 0.317 e. The number of carbonyl (C=O) groups excluding carboxylic acids is 2. The van der Waals surface area contributed by atoms with Crippen LogP contribution in [0.2, 0.25) is 0 Å². The van der Waals surface area contributed by atoms with Gasteiger partial charge in [-0.3, -0.25) is 9.59 Å². The van der Waals surface area contributed by atoms with E-state index >= 15 is 0 Å². The summed E-state index contributed by atoms with van der Waals surface area (Å²) < 4.78 is 5.21. The number of ether oxygens (including phenoxy) is 1. The number of nitrogens with zero attached hydrogens (tertiary/aromatic N) is 2. The van der Waals surface area contributed by atoms with E-state index in [1.54, 1.807) is 19.1 Å². The van der Waals surface area contributed by atoms with Crippen molar-refractivity contribution in [1.29, 1.82) is 0 Å². The average Bonchev–Trinajstić information content (AvgIpc) is 3.11. The number of fused-ring (bicyclic) bond motifs is 1. The summed E-state index contributed by atoms with van der Waals surface area (Å²) in [6, 6.07) is 9.33. The van der Waals surface area contributed by atoms with E-state index in [-0.39, 0.29) is 11.7 Å². The Bertz CT molecular complexity index is 925. The standard InChI is InChI=1S/C18H17N3O3S2/c1-11-3-5-13(6-4-11)21-16(23)12(2)24-15(22)9-26-18-14-7-8-25-17(14)19-10-20-18/h3-8,10,12H,9H2,1-2H3,(H,21,23)/t12-/m0/s1. The maximum absolute atomic E-state index is 12.1. The molecule has 1 atom stereocenters. The summed E-state index contributed by atoms with van der Waals surface area (Å²) >= 11 is 2.79. The molecule has 26 heavy (non-hydrogen) atoms. The molecule has 0 aliphatic heterocycles. The van der Waals surface area contributed by atoms with Gasteiger partial charge >= 0.3 is 5.97 Å². The van der Waals surface area contributed by atoms with Crippen molar-refractivity contribution in [2.24, 2.45) is 0 Å². The average molecular weight is 387 g/mol. The Morgan fingerprint density at radius 1 is 1.23 bits per heavy atom. The molecule has 3 aromatic rings. The molecule has 3 rings (SSSR count). The van der Waals surface area contributed by atoms with Gasteiger partial charge in [0.15, 0.2) is 6.10 Å². The van der Waals surface area contributed by atoms with E-state index in [4.69, 9.17) is 4.74 Å². The molecule has 1 amide bonds. The van der Waals surface area contributed by atoms with Crippen LogP contribution in [0.25, 0.3) is 10.2 Å². The highest BCUT2D eigenvalue weighted by Gasteiger charge is 2.18. The maximum atomic E-state index is 12.1. The van der Waals surface area contributed by atoms with Crippen LogP contribution in [0.15, 0.2) is 47.1 Å². The van der Waals surface area contributed by atoms with Gasteiger partial charge in [0.1, 0.15) is 16.2 Å². The van der Waals surface area contributed by atoms with Crippen LogP contribution >= 0.6 is 23.1 Å². The van der Waals surface area contributed by atoms with Crippen molar-refractivity contribution in [2.45, 2.75) is 25.0 Å². The summed E-state index contributed by atoms with van der Waals surface area (Å²) in [6.45, 7) is 3.52. The van der Waals surface area contributed by atoms with Gasteiger partial charge in [0.05, 0.1) is 5.75 Å². The van der Waals surface area contributed by atoms with Gasteiger partial charge in [-0.1, -0.05) is 29.5 Å². The lowest BCUT2D eigenvalue weighted by Crippen LogP contribution is -2.30. The number of nitrogens with one attached hydrogen (secondary N) is 1. The van der Waals surface area contributed by atoms with E-state index in [0.29, 0.717) is 5.69 Å². The fourth-order valence-electron chi connectivity index (χ4n) is 2.18. The Balaban J connectivity index is 1.51. The molecule has 0 radical (unpaired) electrons. The number of thiophene rings is 1. The second-order valence-corrected chi connectivity index (χ2v) is 7.45. The molecule has 0 saturated carbocycles. The van der Waals surface area contributed by atoms with Crippen LogP contribution in [0.3, 0.4) is 0 Å². The van der Waals surface area contributed by atoms with Crippen LogP contribution in [0, 0.1) is 6.92 Å². The number of hydrogen-bond acceptors (Lipinski definition) is 7. The van der Waals surface area contributed by atoms with Crippen LogP contribution in [0.4, 0.5) is 5.69 Å². The molecular weight excluding hydrogens is 370 g/mol. The summed E-state index contributed by atoms with van der Waals surface area (Å²) in [5.41, 5.74) is 1.77. The Kier molecular flexibility index (Phi) is 5.85. The number of hydrogen-bond donors (Lipinski definition) is 1. The monoisotopic (exact) mass is 387 g/mol. The molecule has 0 aliphatic rings. The van der Waals surface area contributed by atoms with Crippen LogP contribution in [0.5, 0.6) is 0 Å². The van der Waals surface area contributed by atoms with Gasteiger partial charge < -0.3 is 10.1 Å². The number of aromatic nitrogens is 2. The predicted octanol–water partition coefficient (Wildman–Crippen LogP) is 3.66. The number of aryl methyl sites for hydroxylation is 1. The van der Waals surface area contributed by atoms with Gasteiger partial charge in [-0.15, -0.1) is 11.3 Å². The summed E-state index contributed by atoms with van der Waals surface area (Å²) in [7, 11) is 0. The molecular formula is C18H17N3O3S2. The van der Waals surface area contributed by atoms with E-state index in [0.717, 1.165) is 20.8 Å². The van der Waals surface area contributed by atoms with Crippen LogP contribution in [-0.4, -0.2) is 33.7 Å². The number of rotatable bonds is 6. The Morgan fingerprint density at radius 3 is 2.77 bits per heavy atom. The zero-order valence-electron chi connectivity index (χ0n) is 14.3. The highest BCUT2D eigenvalue weighted by Crippen LogP contribution is 2.27. The van der Waals surface area contributed by atoms with E-state index in [1.807, 2.05) is 30.5 Å². The number of amides is 1. The van der Waals surface area contributed by atoms with Crippen molar-refractivity contribution in [2.75, 3.05) is 11.1 Å². The normalized spacial score (nSPS) is 11.9. The first-order valence-electron chi connectivity index (χ1n) is 7.91. The van der Waals surface area contributed by atoms with E-state index < -0.39 is 12.1 Å². The van der Waals surface area contributed by atoms with Gasteiger partial charge in [-0.25, -0.2) is 9.97 Å². The minimum Gasteiger partial charge on any atom is -0.452 e. The Morgan fingerprint density at radius 2 is 2.00 bits per heavy atom. The molecule has 0 bridgehead atoms. The van der Waals surface area contributed by atoms with Gasteiger partial charge in [0.25, 0.3) is 5.91 Å². The highest BCUT2D eigenvalue weighted by atomic mass is 32.2. The van der Waals surface area contributed by atoms with Crippen molar-refractivity contribution in [1.82, 2.24) is 9.97 Å². The molecule has 0 saturated heterocycles. The van der Waals surface area contributed by atoms with Crippen molar-refractivity contribution >= 4 is 50.9 Å². The SMILES string of the molecule is Cc1ccc(NC(=O)[C@H](C)OC(=O)CSc2ncnc3sccc23)cc1. The molecule has 2 heterocycles. The number of benzene rings is 1. The summed E-state index contributed by atoms with van der Waals surface area (Å²) in [5, 5.41) is 6.30. The largest absolute Gasteiger partial charge is 0.452 e. The summed E-state index contributed by atoms with van der Waals surface area (Å²) in [5.74, 6) is -0.762. The van der Waals surface area contributed by atoms with Gasteiger partial charge in [0, 0.05) is 11.1 Å². The molecule has 0 unspecified atom stereocenters. The van der Waals surface area contributed by atoms with Gasteiger partial charge in [-0.05, 0) is 37.4 Å². The molecule has 1 N–H and O–H groups in total. The third-order valence-corrected chi connectivity index (χ3v) is 5.35. The third kappa shape index (κ3) is 4.59. The van der Waals surface area contributed by atoms with E-state index in [2.05, 4.69) is 15.3 Å². The first kappa shape index (κ1) is 18.3. The van der Waals surface area contributed by atoms with Crippen molar-refractivity contribution < 1.29 is 14.3 Å². The summed E-state index contributed by atoms with van der Waals surface area (Å²) in [4.78, 5) is 33.4. The number of anilines is 1. The number of thioether (sulfide) groups is 1. The van der Waals surface area contributed by atoms with Crippen molar-refractivity contribution in [3.8, 4) is 0 Å². The topological polar surface area (TPSA) is 81.2 Å². The van der Waals surface area contributed by atoms with Crippen LogP contribution < -0.4 is 5.32 Å². The molecule has 8 heteroatoms. The minimum atomic E-state index is -0.879. The fourth-order valence-corrected chi connectivity index (χ4v) is 3.74. The Hall–Kier alpha value is -2.45. The Labute approximate surface area is 159 Å². The lowest BCUT2D eigenvalue weighted by atomic mass is 10.2. The number of carbonyl (C=O) groups is 2.